The van der Waals surface area contributed by atoms with Crippen molar-refractivity contribution >= 4 is 45.2 Å². The van der Waals surface area contributed by atoms with Gasteiger partial charge in [0.05, 0.1) is 5.69 Å². The fourth-order valence-corrected chi connectivity index (χ4v) is 1.53. The number of hydrogen-bond donors (Lipinski definition) is 2. The molecule has 20 heavy (non-hydrogen) atoms. The second-order valence-electron chi connectivity index (χ2n) is 3.32. The van der Waals surface area contributed by atoms with E-state index in [4.69, 9.17) is 11.6 Å². The van der Waals surface area contributed by atoms with E-state index in [9.17, 15) is 22.8 Å². The summed E-state index contributed by atoms with van der Waals surface area (Å²) in [5, 5.41) is 3.86. The Kier molecular flexibility index (Phi) is 5.63. The first-order valence-corrected chi connectivity index (χ1v) is 6.26. The third-order valence-corrected chi connectivity index (χ3v) is 2.53. The molecule has 0 heterocycles. The van der Waals surface area contributed by atoms with Crippen LogP contribution < -0.4 is 15.4 Å². The second kappa shape index (κ2) is 6.80. The minimum atomic E-state index is -4.92. The lowest BCUT2D eigenvalue weighted by Gasteiger charge is -2.14. The highest BCUT2D eigenvalue weighted by molar-refractivity contribution is 9.10. The van der Waals surface area contributed by atoms with Gasteiger partial charge in [-0.05, 0) is 18.2 Å². The molecule has 10 heteroatoms. The minimum absolute atomic E-state index is 0.259. The molecule has 0 saturated heterocycles. The van der Waals surface area contributed by atoms with Crippen LogP contribution in [0.5, 0.6) is 5.75 Å². The van der Waals surface area contributed by atoms with Gasteiger partial charge in [0, 0.05) is 4.47 Å². The van der Waals surface area contributed by atoms with E-state index < -0.39 is 29.9 Å². The zero-order valence-electron chi connectivity index (χ0n) is 9.55. The van der Waals surface area contributed by atoms with Crippen molar-refractivity contribution in [2.75, 3.05) is 11.2 Å². The summed E-state index contributed by atoms with van der Waals surface area (Å²) >= 11 is 8.14. The highest BCUT2D eigenvalue weighted by atomic mass is 79.9. The summed E-state index contributed by atoms with van der Waals surface area (Å²) in [5.41, 5.74) is -0.259. The maximum absolute atomic E-state index is 12.2. The van der Waals surface area contributed by atoms with Crippen LogP contribution in [0.25, 0.3) is 0 Å². The fourth-order valence-electron chi connectivity index (χ4n) is 1.12. The zero-order chi connectivity index (χ0) is 15.3. The molecule has 0 saturated carbocycles. The van der Waals surface area contributed by atoms with Crippen LogP contribution in [0.4, 0.5) is 23.7 Å². The van der Waals surface area contributed by atoms with Crippen LogP contribution in [-0.4, -0.2) is 24.2 Å². The molecule has 0 aliphatic carbocycles. The maximum Gasteiger partial charge on any atom is 0.573 e. The van der Waals surface area contributed by atoms with E-state index in [0.717, 1.165) is 6.07 Å². The van der Waals surface area contributed by atoms with Gasteiger partial charge in [-0.2, -0.15) is 0 Å². The van der Waals surface area contributed by atoms with E-state index in [1.165, 1.54) is 12.1 Å². The molecule has 2 N–H and O–H groups in total. The first kappa shape index (κ1) is 16.6. The number of imide groups is 1. The molecule has 0 radical (unpaired) electrons. The largest absolute Gasteiger partial charge is 0.573 e. The van der Waals surface area contributed by atoms with E-state index in [1.807, 2.05) is 5.32 Å². The Morgan fingerprint density at radius 3 is 2.55 bits per heavy atom. The highest BCUT2D eigenvalue weighted by Crippen LogP contribution is 2.32. The molecule has 1 aromatic rings. The number of amides is 3. The fraction of sp³-hybridized carbons (Fsp3) is 0.200. The van der Waals surface area contributed by atoms with E-state index >= 15 is 0 Å². The van der Waals surface area contributed by atoms with Gasteiger partial charge in [0.2, 0.25) is 5.91 Å². The van der Waals surface area contributed by atoms with Crippen molar-refractivity contribution in [3.8, 4) is 5.75 Å². The van der Waals surface area contributed by atoms with Crippen LogP contribution in [0, 0.1) is 0 Å². The monoisotopic (exact) mass is 374 g/mol. The topological polar surface area (TPSA) is 67.4 Å². The maximum atomic E-state index is 12.2. The molecule has 0 bridgehead atoms. The lowest BCUT2D eigenvalue weighted by molar-refractivity contribution is -0.274. The zero-order valence-corrected chi connectivity index (χ0v) is 11.9. The third kappa shape index (κ3) is 5.66. The summed E-state index contributed by atoms with van der Waals surface area (Å²) in [4.78, 5) is 22.2. The van der Waals surface area contributed by atoms with Crippen LogP contribution in [0.2, 0.25) is 0 Å². The average Bonchev–Trinajstić information content (AvgIpc) is 2.30. The van der Waals surface area contributed by atoms with Crippen LogP contribution in [0.1, 0.15) is 0 Å². The number of rotatable bonds is 3. The molecule has 110 valence electrons. The predicted octanol–water partition coefficient (Wildman–Crippen LogP) is 3.23. The molecule has 5 nitrogen and oxygen atoms in total. The van der Waals surface area contributed by atoms with Gasteiger partial charge >= 0.3 is 12.4 Å². The first-order chi connectivity index (χ1) is 9.21. The van der Waals surface area contributed by atoms with Gasteiger partial charge in [-0.15, -0.1) is 24.8 Å². The summed E-state index contributed by atoms with van der Waals surface area (Å²) in [6.45, 7) is 0. The van der Waals surface area contributed by atoms with Crippen LogP contribution >= 0.6 is 27.5 Å². The van der Waals surface area contributed by atoms with Gasteiger partial charge in [-0.3, -0.25) is 10.1 Å². The lowest BCUT2D eigenvalue weighted by atomic mass is 10.3. The third-order valence-electron chi connectivity index (χ3n) is 1.79. The summed E-state index contributed by atoms with van der Waals surface area (Å²) < 4.78 is 40.7. The van der Waals surface area contributed by atoms with Crippen LogP contribution in [-0.2, 0) is 4.79 Å². The van der Waals surface area contributed by atoms with Crippen molar-refractivity contribution in [3.63, 3.8) is 0 Å². The molecule has 0 aliphatic rings. The van der Waals surface area contributed by atoms with E-state index in [-0.39, 0.29) is 5.69 Å². The Morgan fingerprint density at radius 2 is 2.00 bits per heavy atom. The number of ether oxygens (including phenoxy) is 1. The van der Waals surface area contributed by atoms with Gasteiger partial charge in [-0.25, -0.2) is 4.79 Å². The standard InChI is InChI=1S/C10H7BrClF3N2O3/c11-5-1-2-6(7(3-5)20-10(13,14)15)16-9(19)17-8(18)4-12/h1-3H,4H2,(H2,16,17,18,19). The molecule has 0 spiro atoms. The molecule has 1 rings (SSSR count). The number of alkyl halides is 4. The van der Waals surface area contributed by atoms with Gasteiger partial charge < -0.3 is 10.1 Å². The Bertz CT molecular complexity index is 525. The molecule has 0 aliphatic heterocycles. The predicted molar refractivity (Wildman–Crippen MR) is 68.7 cm³/mol. The quantitative estimate of drug-likeness (QED) is 0.797. The Labute approximate surface area is 124 Å². The number of benzene rings is 1. The summed E-state index contributed by atoms with van der Waals surface area (Å²) in [7, 11) is 0. The Hall–Kier alpha value is -1.48. The van der Waals surface area contributed by atoms with E-state index in [0.29, 0.717) is 4.47 Å². The van der Waals surface area contributed by atoms with Crippen molar-refractivity contribution in [1.82, 2.24) is 5.32 Å². The molecule has 0 unspecified atom stereocenters. The number of halogens is 5. The van der Waals surface area contributed by atoms with Gasteiger partial charge in [0.25, 0.3) is 0 Å². The molecular weight excluding hydrogens is 368 g/mol. The SMILES string of the molecule is O=C(CCl)NC(=O)Nc1ccc(Br)cc1OC(F)(F)F. The number of anilines is 1. The average molecular weight is 376 g/mol. The molecule has 1 aromatic carbocycles. The number of urea groups is 1. The van der Waals surface area contributed by atoms with Crippen molar-refractivity contribution in [1.29, 1.82) is 0 Å². The van der Waals surface area contributed by atoms with Gasteiger partial charge in [-0.1, -0.05) is 15.9 Å². The van der Waals surface area contributed by atoms with Gasteiger partial charge in [0.15, 0.2) is 5.75 Å². The van der Waals surface area contributed by atoms with E-state index in [1.54, 1.807) is 0 Å². The minimum Gasteiger partial charge on any atom is -0.404 e. The summed E-state index contributed by atoms with van der Waals surface area (Å²) in [6, 6.07) is 2.56. The molecular formula is C10H7BrClF3N2O3. The van der Waals surface area contributed by atoms with Crippen molar-refractivity contribution in [2.45, 2.75) is 6.36 Å². The number of hydrogen-bond acceptors (Lipinski definition) is 3. The Morgan fingerprint density at radius 1 is 1.35 bits per heavy atom. The molecule has 0 fully saturated rings. The van der Waals surface area contributed by atoms with Crippen LogP contribution in [0.3, 0.4) is 0 Å². The van der Waals surface area contributed by atoms with Crippen molar-refractivity contribution < 1.29 is 27.5 Å². The summed E-state index contributed by atoms with van der Waals surface area (Å²) in [5.74, 6) is -1.88. The molecule has 0 atom stereocenters. The second-order valence-corrected chi connectivity index (χ2v) is 4.51. The lowest BCUT2D eigenvalue weighted by Crippen LogP contribution is -2.35. The molecule has 0 aromatic heterocycles. The summed E-state index contributed by atoms with van der Waals surface area (Å²) in [6.07, 6.45) is -4.92. The number of carbonyl (C=O) groups excluding carboxylic acids is 2. The number of carbonyl (C=O) groups is 2. The van der Waals surface area contributed by atoms with Gasteiger partial charge in [0.1, 0.15) is 5.88 Å². The van der Waals surface area contributed by atoms with Crippen molar-refractivity contribution in [2.24, 2.45) is 0 Å². The first-order valence-electron chi connectivity index (χ1n) is 4.93. The van der Waals surface area contributed by atoms with E-state index in [2.05, 4.69) is 26.0 Å². The van der Waals surface area contributed by atoms with Crippen LogP contribution in [0.15, 0.2) is 22.7 Å². The number of nitrogens with one attached hydrogen (secondary N) is 2. The smallest absolute Gasteiger partial charge is 0.404 e. The molecule has 3 amide bonds. The van der Waals surface area contributed by atoms with Crippen molar-refractivity contribution in [3.05, 3.63) is 22.7 Å². The highest BCUT2D eigenvalue weighted by Gasteiger charge is 2.32. The normalized spacial score (nSPS) is 10.8. The Balaban J connectivity index is 2.89.